The first-order valence-corrected chi connectivity index (χ1v) is 22.8. The molecule has 4 aliphatic carbocycles. The Bertz CT molecular complexity index is 1580. The van der Waals surface area contributed by atoms with Crippen molar-refractivity contribution in [1.82, 2.24) is 4.91 Å². The van der Waals surface area contributed by atoms with Crippen LogP contribution in [-0.2, 0) is 52.4 Å². The van der Waals surface area contributed by atoms with Crippen LogP contribution in [0.15, 0.2) is 34.3 Å². The van der Waals surface area contributed by atoms with Crippen LogP contribution in [0.4, 0.5) is 0 Å². The lowest BCUT2D eigenvalue weighted by atomic mass is 9.81. The normalized spacial score (nSPS) is 25.8. The van der Waals surface area contributed by atoms with Crippen LogP contribution in [0.3, 0.4) is 0 Å². The lowest BCUT2D eigenvalue weighted by Crippen LogP contribution is -2.27. The highest BCUT2D eigenvalue weighted by Gasteiger charge is 2.31. The molecule has 1 unspecified atom stereocenters. The Morgan fingerprint density at radius 2 is 1.05 bits per heavy atom. The van der Waals surface area contributed by atoms with E-state index in [0.717, 1.165) is 95.5 Å². The number of halogens is 1. The fourth-order valence-electron chi connectivity index (χ4n) is 8.50. The number of aliphatic hydroxyl groups excluding tert-OH is 1. The summed E-state index contributed by atoms with van der Waals surface area (Å²) >= 11 is 0. The van der Waals surface area contributed by atoms with Gasteiger partial charge in [0, 0.05) is 6.61 Å². The maximum absolute atomic E-state index is 12.1. The van der Waals surface area contributed by atoms with E-state index in [9.17, 15) is 27.6 Å². The molecule has 5 rings (SSSR count). The van der Waals surface area contributed by atoms with E-state index in [1.807, 2.05) is 6.92 Å². The van der Waals surface area contributed by atoms with E-state index in [1.54, 1.807) is 24.3 Å². The SMILES string of the molecule is COC(=O)C1CCC[C@@H](CO)C1.COC(=O)[C@H]1CCC[C@@H](CN)C1.COC(=O)[C@H]1CCC[C@@H](CN=[N+]=N)C1.COC(=O)[C@H]1CCC[C@@H](COS(=O)(=O)c2ccc(C)cc2)C1.Cl. The van der Waals surface area contributed by atoms with Crippen LogP contribution < -0.4 is 10.6 Å². The molecule has 0 heterocycles. The van der Waals surface area contributed by atoms with E-state index in [2.05, 4.69) is 14.8 Å². The Kier molecular flexibility index (Phi) is 27.8. The van der Waals surface area contributed by atoms with Crippen LogP contribution >= 0.6 is 12.4 Å². The summed E-state index contributed by atoms with van der Waals surface area (Å²) in [5.41, 5.74) is 13.1. The Morgan fingerprint density at radius 1 is 0.672 bits per heavy atom. The molecular formula is C43H72ClN4O12S+. The number of ether oxygens (including phenoxy) is 4. The number of methoxy groups -OCH3 is 4. The Labute approximate surface area is 368 Å². The molecule has 4 fully saturated rings. The van der Waals surface area contributed by atoms with Gasteiger partial charge in [-0.25, -0.2) is 0 Å². The monoisotopic (exact) mass is 903 g/mol. The molecule has 0 saturated heterocycles. The first-order chi connectivity index (χ1) is 28.7. The predicted octanol–water partition coefficient (Wildman–Crippen LogP) is 6.50. The number of nitrogens with zero attached hydrogens (tertiary/aromatic N) is 2. The lowest BCUT2D eigenvalue weighted by molar-refractivity contribution is -0.148. The number of aliphatic hydroxyl groups is 1. The molecule has 4 N–H and O–H groups in total. The highest BCUT2D eigenvalue weighted by atomic mass is 35.5. The molecule has 18 heteroatoms. The minimum atomic E-state index is -3.74. The third kappa shape index (κ3) is 20.5. The van der Waals surface area contributed by atoms with Crippen molar-refractivity contribution in [3.05, 3.63) is 29.8 Å². The van der Waals surface area contributed by atoms with Crippen LogP contribution in [0.5, 0.6) is 0 Å². The fourth-order valence-corrected chi connectivity index (χ4v) is 9.48. The van der Waals surface area contributed by atoms with Gasteiger partial charge in [-0.3, -0.25) is 23.4 Å². The van der Waals surface area contributed by atoms with Gasteiger partial charge >= 0.3 is 23.9 Å². The lowest BCUT2D eigenvalue weighted by Gasteiger charge is -2.26. The van der Waals surface area contributed by atoms with Gasteiger partial charge in [-0.15, -0.1) is 12.4 Å². The van der Waals surface area contributed by atoms with Gasteiger partial charge in [0.1, 0.15) is 17.2 Å². The Hall–Kier alpha value is -3.47. The molecule has 0 spiro atoms. The highest BCUT2D eigenvalue weighted by Crippen LogP contribution is 2.32. The van der Waals surface area contributed by atoms with Crippen molar-refractivity contribution in [2.75, 3.05) is 54.7 Å². The maximum atomic E-state index is 12.1. The number of esters is 4. The van der Waals surface area contributed by atoms with Gasteiger partial charge in [-0.05, 0) is 126 Å². The van der Waals surface area contributed by atoms with E-state index < -0.39 is 10.1 Å². The van der Waals surface area contributed by atoms with Crippen LogP contribution in [0.2, 0.25) is 0 Å². The Balaban J connectivity index is 0.000000420. The minimum Gasteiger partial charge on any atom is -0.469 e. The van der Waals surface area contributed by atoms with Crippen molar-refractivity contribution < 1.29 is 55.8 Å². The molecule has 0 amide bonds. The summed E-state index contributed by atoms with van der Waals surface area (Å²) in [6.07, 6.45) is 15.0. The standard InChI is InChI=1S/C16H22O5S.C9H16N3O2.C9H17NO2.C9H16O3.ClH/c1-12-6-8-15(9-7-12)22(18,19)21-11-13-4-3-5-14(10-13)16(17)20-2;1-14-9(13)8-4-2-3-7(5-8)6-11-12-10;2*1-12-9(11)8-4-2-3-7(5-8)6-10;/h6-9,13-14H,3-5,10-11H2,1-2H3;7-8,10H,2-6H2,1H3;7-8H,2-6,10H2,1H3;7-8,10H,2-6H2,1H3;1H/q;+1;;;/t13-,14+;2*7-,8+;7-,8?;/m1111./s1. The zero-order valence-corrected chi connectivity index (χ0v) is 38.4. The summed E-state index contributed by atoms with van der Waals surface area (Å²) in [5.74, 6) is 0.808. The topological polar surface area (TPSA) is 245 Å². The van der Waals surface area contributed by atoms with E-state index in [-0.39, 0.29) is 84.0 Å². The summed E-state index contributed by atoms with van der Waals surface area (Å²) in [6.45, 7) is 3.48. The second-order valence-corrected chi connectivity index (χ2v) is 18.0. The second kappa shape index (κ2) is 30.6. The average molecular weight is 905 g/mol. The number of aryl methyl sites for hydroxylation is 1. The quantitative estimate of drug-likeness (QED) is 0.0668. The first-order valence-electron chi connectivity index (χ1n) is 21.4. The average Bonchev–Trinajstić information content (AvgIpc) is 3.30. The summed E-state index contributed by atoms with van der Waals surface area (Å²) in [4.78, 5) is 48.3. The summed E-state index contributed by atoms with van der Waals surface area (Å²) in [7, 11) is 1.94. The molecule has 16 nitrogen and oxygen atoms in total. The third-order valence-corrected chi connectivity index (χ3v) is 13.3. The van der Waals surface area contributed by atoms with Crippen LogP contribution in [0, 0.1) is 59.8 Å². The van der Waals surface area contributed by atoms with Gasteiger partial charge < -0.3 is 29.8 Å². The zero-order valence-electron chi connectivity index (χ0n) is 36.8. The number of carbonyl (C=O) groups is 4. The summed E-state index contributed by atoms with van der Waals surface area (Å²) in [5, 5.41) is 12.6. The zero-order chi connectivity index (χ0) is 44.5. The van der Waals surface area contributed by atoms with Crippen molar-refractivity contribution in [3.8, 4) is 0 Å². The number of rotatable bonds is 12. The molecule has 0 radical (unpaired) electrons. The molecule has 61 heavy (non-hydrogen) atoms. The van der Waals surface area contributed by atoms with E-state index in [0.29, 0.717) is 37.3 Å². The molecule has 1 aromatic carbocycles. The van der Waals surface area contributed by atoms with Gasteiger partial charge in [0.15, 0.2) is 0 Å². The molecule has 1 aromatic rings. The highest BCUT2D eigenvalue weighted by molar-refractivity contribution is 7.86. The van der Waals surface area contributed by atoms with Crippen molar-refractivity contribution in [3.63, 3.8) is 0 Å². The number of nitrogens with two attached hydrogens (primary N) is 1. The minimum absolute atomic E-state index is 0. The van der Waals surface area contributed by atoms with Crippen molar-refractivity contribution in [2.45, 2.75) is 115 Å². The molecule has 8 atom stereocenters. The second-order valence-electron chi connectivity index (χ2n) is 16.4. The molecule has 0 aromatic heterocycles. The first kappa shape index (κ1) is 55.5. The van der Waals surface area contributed by atoms with Crippen LogP contribution in [0.1, 0.15) is 108 Å². The van der Waals surface area contributed by atoms with Gasteiger partial charge in [0.2, 0.25) is 4.91 Å². The van der Waals surface area contributed by atoms with Crippen LogP contribution in [-0.4, -0.2) is 92.1 Å². The van der Waals surface area contributed by atoms with Crippen LogP contribution in [0.25, 0.3) is 0 Å². The van der Waals surface area contributed by atoms with Crippen molar-refractivity contribution in [2.24, 2.45) is 58.2 Å². The number of hydrogen-bond acceptors (Lipinski definition) is 15. The number of carbonyl (C=O) groups excluding carboxylic acids is 4. The smallest absolute Gasteiger partial charge is 0.308 e. The van der Waals surface area contributed by atoms with E-state index >= 15 is 0 Å². The summed E-state index contributed by atoms with van der Waals surface area (Å²) in [6, 6.07) is 6.57. The number of benzene rings is 1. The largest absolute Gasteiger partial charge is 0.469 e. The van der Waals surface area contributed by atoms with E-state index in [1.165, 1.54) is 34.9 Å². The van der Waals surface area contributed by atoms with Gasteiger partial charge in [0.05, 0.1) is 63.6 Å². The molecule has 0 bridgehead atoms. The predicted molar refractivity (Wildman–Crippen MR) is 230 cm³/mol. The molecule has 4 saturated carbocycles. The summed E-state index contributed by atoms with van der Waals surface area (Å²) < 4.78 is 48.3. The van der Waals surface area contributed by atoms with Gasteiger partial charge in [-0.2, -0.15) is 8.42 Å². The molecule has 348 valence electrons. The van der Waals surface area contributed by atoms with Gasteiger partial charge in [-0.1, -0.05) is 43.4 Å². The molecule has 4 aliphatic rings. The fraction of sp³-hybridized carbons (Fsp3) is 0.767. The van der Waals surface area contributed by atoms with E-state index in [4.69, 9.17) is 34.8 Å². The maximum Gasteiger partial charge on any atom is 0.308 e. The van der Waals surface area contributed by atoms with Crippen molar-refractivity contribution >= 4 is 46.4 Å². The Morgan fingerprint density at radius 3 is 1.46 bits per heavy atom. The molecular weight excluding hydrogens is 832 g/mol. The van der Waals surface area contributed by atoms with Gasteiger partial charge in [0.25, 0.3) is 10.1 Å². The molecule has 0 aliphatic heterocycles. The number of nitrogens with one attached hydrogen (secondary N) is 1. The third-order valence-electron chi connectivity index (χ3n) is 12.0. The van der Waals surface area contributed by atoms with Crippen molar-refractivity contribution in [1.29, 1.82) is 5.53 Å². The number of hydrogen-bond donors (Lipinski definition) is 3.